The van der Waals surface area contributed by atoms with Gasteiger partial charge < -0.3 is 4.90 Å². The van der Waals surface area contributed by atoms with E-state index in [1.807, 2.05) is 6.21 Å². The standard InChI is InChI=1S/C25H25N3/c1-19-10-12-20(13-11-19)18-26-28-16-14-27(15-17-28)25-23-8-4-2-6-21(23)22-7-3-5-9-24(22)25/h2-13,18,25H,14-17H2,1H3/p+1/b26-18-. The van der Waals surface area contributed by atoms with Crippen molar-refractivity contribution >= 4 is 6.21 Å². The highest BCUT2D eigenvalue weighted by molar-refractivity contribution is 5.79. The van der Waals surface area contributed by atoms with Gasteiger partial charge in [-0.05, 0) is 23.6 Å². The van der Waals surface area contributed by atoms with Crippen molar-refractivity contribution in [1.82, 2.24) is 5.01 Å². The van der Waals surface area contributed by atoms with Crippen LogP contribution in [0.4, 0.5) is 0 Å². The molecule has 0 radical (unpaired) electrons. The van der Waals surface area contributed by atoms with E-state index >= 15 is 0 Å². The molecule has 5 rings (SSSR count). The van der Waals surface area contributed by atoms with E-state index in [1.54, 1.807) is 4.90 Å². The number of hydrazone groups is 1. The molecule has 3 heteroatoms. The van der Waals surface area contributed by atoms with Crippen molar-refractivity contribution in [3.05, 3.63) is 95.1 Å². The van der Waals surface area contributed by atoms with Gasteiger partial charge in [-0.2, -0.15) is 5.10 Å². The van der Waals surface area contributed by atoms with Gasteiger partial charge in [0.1, 0.15) is 6.04 Å². The highest BCUT2D eigenvalue weighted by atomic mass is 15.5. The molecule has 0 atom stereocenters. The molecule has 1 aliphatic heterocycles. The van der Waals surface area contributed by atoms with Crippen molar-refractivity contribution < 1.29 is 4.90 Å². The van der Waals surface area contributed by atoms with Crippen LogP contribution in [0.1, 0.15) is 28.3 Å². The summed E-state index contributed by atoms with van der Waals surface area (Å²) in [7, 11) is 0. The Balaban J connectivity index is 1.31. The van der Waals surface area contributed by atoms with E-state index in [0.717, 1.165) is 26.2 Å². The topological polar surface area (TPSA) is 20.0 Å². The molecule has 1 aliphatic carbocycles. The monoisotopic (exact) mass is 368 g/mol. The number of nitrogens with one attached hydrogen (secondary N) is 1. The van der Waals surface area contributed by atoms with Crippen LogP contribution in [-0.2, 0) is 0 Å². The second kappa shape index (κ2) is 7.25. The van der Waals surface area contributed by atoms with Crippen LogP contribution in [0.15, 0.2) is 77.9 Å². The SMILES string of the molecule is Cc1ccc(/C=N\N2CC[NH+](C3c4ccccc4-c4ccccc43)CC2)cc1. The van der Waals surface area contributed by atoms with Crippen molar-refractivity contribution in [2.45, 2.75) is 13.0 Å². The summed E-state index contributed by atoms with van der Waals surface area (Å²) >= 11 is 0. The van der Waals surface area contributed by atoms with Gasteiger partial charge in [0.2, 0.25) is 0 Å². The first kappa shape index (κ1) is 17.2. The van der Waals surface area contributed by atoms with Crippen LogP contribution in [0, 0.1) is 6.92 Å². The summed E-state index contributed by atoms with van der Waals surface area (Å²) in [5.74, 6) is 0. The number of quaternary nitrogens is 1. The summed E-state index contributed by atoms with van der Waals surface area (Å²) in [5.41, 5.74) is 8.24. The smallest absolute Gasteiger partial charge is 0.140 e. The molecule has 0 bridgehead atoms. The van der Waals surface area contributed by atoms with Crippen LogP contribution in [0.3, 0.4) is 0 Å². The van der Waals surface area contributed by atoms with Gasteiger partial charge >= 0.3 is 0 Å². The Morgan fingerprint density at radius 1 is 0.821 bits per heavy atom. The van der Waals surface area contributed by atoms with E-state index in [2.05, 4.69) is 84.7 Å². The highest BCUT2D eigenvalue weighted by Gasteiger charge is 2.37. The Morgan fingerprint density at radius 2 is 1.39 bits per heavy atom. The van der Waals surface area contributed by atoms with Crippen molar-refractivity contribution in [2.75, 3.05) is 26.2 Å². The summed E-state index contributed by atoms with van der Waals surface area (Å²) in [4.78, 5) is 1.65. The predicted molar refractivity (Wildman–Crippen MR) is 115 cm³/mol. The molecule has 28 heavy (non-hydrogen) atoms. The molecule has 0 saturated carbocycles. The number of aryl methyl sites for hydroxylation is 1. The number of hydrogen-bond donors (Lipinski definition) is 1. The van der Waals surface area contributed by atoms with Gasteiger partial charge in [0.15, 0.2) is 0 Å². The van der Waals surface area contributed by atoms with E-state index in [1.165, 1.54) is 33.4 Å². The minimum absolute atomic E-state index is 0.454. The third kappa shape index (κ3) is 3.12. The van der Waals surface area contributed by atoms with Crippen LogP contribution < -0.4 is 4.90 Å². The molecule has 0 amide bonds. The van der Waals surface area contributed by atoms with E-state index in [0.29, 0.717) is 6.04 Å². The molecule has 0 aromatic heterocycles. The van der Waals surface area contributed by atoms with Crippen LogP contribution in [0.5, 0.6) is 0 Å². The maximum absolute atomic E-state index is 4.73. The van der Waals surface area contributed by atoms with Crippen molar-refractivity contribution in [1.29, 1.82) is 0 Å². The molecule has 2 aliphatic rings. The van der Waals surface area contributed by atoms with E-state index in [4.69, 9.17) is 5.10 Å². The lowest BCUT2D eigenvalue weighted by atomic mass is 10.0. The average Bonchev–Trinajstić information content (AvgIpc) is 3.08. The Bertz CT molecular complexity index is 953. The number of benzene rings is 3. The maximum atomic E-state index is 4.73. The third-order valence-corrected chi connectivity index (χ3v) is 6.07. The number of nitrogens with zero attached hydrogens (tertiary/aromatic N) is 2. The molecule has 0 spiro atoms. The summed E-state index contributed by atoms with van der Waals surface area (Å²) in [6, 6.07) is 26.8. The fraction of sp³-hybridized carbons (Fsp3) is 0.240. The Hall–Kier alpha value is -2.91. The molecule has 140 valence electrons. The zero-order valence-corrected chi connectivity index (χ0v) is 16.3. The summed E-state index contributed by atoms with van der Waals surface area (Å²) < 4.78 is 0. The van der Waals surface area contributed by atoms with Gasteiger partial charge in [-0.15, -0.1) is 0 Å². The van der Waals surface area contributed by atoms with E-state index in [9.17, 15) is 0 Å². The van der Waals surface area contributed by atoms with E-state index in [-0.39, 0.29) is 0 Å². The van der Waals surface area contributed by atoms with Gasteiger partial charge in [0.25, 0.3) is 0 Å². The van der Waals surface area contributed by atoms with Crippen LogP contribution in [0.25, 0.3) is 11.1 Å². The first-order valence-corrected chi connectivity index (χ1v) is 10.2. The summed E-state index contributed by atoms with van der Waals surface area (Å²) in [6.07, 6.45) is 1.99. The zero-order valence-electron chi connectivity index (χ0n) is 16.3. The number of rotatable bonds is 3. The molecule has 1 saturated heterocycles. The minimum atomic E-state index is 0.454. The number of fused-ring (bicyclic) bond motifs is 3. The molecular formula is C25H26N3+. The van der Waals surface area contributed by atoms with Crippen molar-refractivity contribution in [3.63, 3.8) is 0 Å². The fourth-order valence-electron chi connectivity index (χ4n) is 4.58. The second-order valence-corrected chi connectivity index (χ2v) is 7.87. The lowest BCUT2D eigenvalue weighted by Crippen LogP contribution is -3.14. The molecular weight excluding hydrogens is 342 g/mol. The molecule has 3 nitrogen and oxygen atoms in total. The molecule has 0 unspecified atom stereocenters. The third-order valence-electron chi connectivity index (χ3n) is 6.07. The first-order chi connectivity index (χ1) is 13.8. The Morgan fingerprint density at radius 3 is 2.00 bits per heavy atom. The second-order valence-electron chi connectivity index (χ2n) is 7.87. The Labute approximate surface area is 166 Å². The number of hydrogen-bond acceptors (Lipinski definition) is 2. The molecule has 3 aromatic carbocycles. The molecule has 1 N–H and O–H groups in total. The minimum Gasteiger partial charge on any atom is -0.322 e. The predicted octanol–water partition coefficient (Wildman–Crippen LogP) is 3.30. The lowest BCUT2D eigenvalue weighted by molar-refractivity contribution is -0.929. The van der Waals surface area contributed by atoms with Gasteiger partial charge in [0, 0.05) is 11.1 Å². The van der Waals surface area contributed by atoms with Crippen LogP contribution >= 0.6 is 0 Å². The van der Waals surface area contributed by atoms with Crippen LogP contribution in [-0.4, -0.2) is 37.4 Å². The Kier molecular flexibility index (Phi) is 4.46. The molecule has 3 aromatic rings. The molecule has 1 heterocycles. The highest BCUT2D eigenvalue weighted by Crippen LogP contribution is 2.41. The first-order valence-electron chi connectivity index (χ1n) is 10.2. The van der Waals surface area contributed by atoms with Crippen LogP contribution in [0.2, 0.25) is 0 Å². The summed E-state index contributed by atoms with van der Waals surface area (Å²) in [5, 5.41) is 6.95. The largest absolute Gasteiger partial charge is 0.322 e. The zero-order chi connectivity index (χ0) is 18.9. The lowest BCUT2D eigenvalue weighted by Gasteiger charge is -2.34. The quantitative estimate of drug-likeness (QED) is 0.703. The summed E-state index contributed by atoms with van der Waals surface area (Å²) in [6.45, 7) is 6.33. The van der Waals surface area contributed by atoms with Gasteiger partial charge in [-0.3, -0.25) is 5.01 Å². The normalized spacial score (nSPS) is 17.1. The fourth-order valence-corrected chi connectivity index (χ4v) is 4.58. The van der Waals surface area contributed by atoms with Gasteiger partial charge in [-0.25, -0.2) is 0 Å². The molecule has 1 fully saturated rings. The average molecular weight is 369 g/mol. The van der Waals surface area contributed by atoms with Crippen molar-refractivity contribution in [2.24, 2.45) is 5.10 Å². The van der Waals surface area contributed by atoms with Gasteiger partial charge in [-0.1, -0.05) is 78.4 Å². The maximum Gasteiger partial charge on any atom is 0.140 e. The van der Waals surface area contributed by atoms with E-state index < -0.39 is 0 Å². The number of piperazine rings is 1. The van der Waals surface area contributed by atoms with Gasteiger partial charge in [0.05, 0.1) is 32.4 Å². The van der Waals surface area contributed by atoms with Crippen molar-refractivity contribution in [3.8, 4) is 11.1 Å².